The molecular weight excluding hydrogens is 228 g/mol. The van der Waals surface area contributed by atoms with Crippen molar-refractivity contribution in [2.45, 2.75) is 20.3 Å². The van der Waals surface area contributed by atoms with Crippen molar-refractivity contribution < 1.29 is 9.15 Å². The Morgan fingerprint density at radius 3 is 2.72 bits per heavy atom. The van der Waals surface area contributed by atoms with E-state index in [4.69, 9.17) is 9.15 Å². The van der Waals surface area contributed by atoms with Crippen LogP contribution in [0.1, 0.15) is 19.4 Å². The van der Waals surface area contributed by atoms with Gasteiger partial charge in [0.1, 0.15) is 11.3 Å². The van der Waals surface area contributed by atoms with Crippen LogP contribution in [0.15, 0.2) is 45.1 Å². The average Bonchev–Trinajstić information content (AvgIpc) is 2.35. The second kappa shape index (κ2) is 5.08. The fraction of sp³-hybridized carbons (Fsp3) is 0.267. The van der Waals surface area contributed by atoms with Gasteiger partial charge in [0, 0.05) is 6.42 Å². The van der Waals surface area contributed by atoms with E-state index >= 15 is 0 Å². The van der Waals surface area contributed by atoms with Gasteiger partial charge in [-0.3, -0.25) is 0 Å². The molecule has 0 bridgehead atoms. The first-order chi connectivity index (χ1) is 8.63. The second-order valence-electron chi connectivity index (χ2n) is 4.38. The molecule has 0 N–H and O–H groups in total. The standard InChI is InChI=1S/C15H16O3/c1-10(2)8-9-12-14(17-3)11-6-4-5-7-13(11)18-15(12)16/h4-8H,9H2,1-3H3. The van der Waals surface area contributed by atoms with Gasteiger partial charge in [0.05, 0.1) is 18.1 Å². The first-order valence-electron chi connectivity index (χ1n) is 5.85. The molecular formula is C15H16O3. The summed E-state index contributed by atoms with van der Waals surface area (Å²) in [4.78, 5) is 11.9. The van der Waals surface area contributed by atoms with Crippen LogP contribution >= 0.6 is 0 Å². The summed E-state index contributed by atoms with van der Waals surface area (Å²) in [6.07, 6.45) is 2.52. The molecule has 1 heterocycles. The van der Waals surface area contributed by atoms with Gasteiger partial charge in [-0.2, -0.15) is 0 Å². The highest BCUT2D eigenvalue weighted by Gasteiger charge is 2.13. The number of hydrogen-bond donors (Lipinski definition) is 0. The topological polar surface area (TPSA) is 39.4 Å². The lowest BCUT2D eigenvalue weighted by Gasteiger charge is -2.08. The predicted octanol–water partition coefficient (Wildman–Crippen LogP) is 3.31. The van der Waals surface area contributed by atoms with Crippen molar-refractivity contribution in [1.29, 1.82) is 0 Å². The largest absolute Gasteiger partial charge is 0.495 e. The number of fused-ring (bicyclic) bond motifs is 1. The second-order valence-corrected chi connectivity index (χ2v) is 4.38. The van der Waals surface area contributed by atoms with E-state index in [9.17, 15) is 4.79 Å². The first kappa shape index (κ1) is 12.4. The van der Waals surface area contributed by atoms with Gasteiger partial charge >= 0.3 is 5.63 Å². The Bertz CT molecular complexity index is 646. The van der Waals surface area contributed by atoms with Crippen molar-refractivity contribution >= 4 is 11.0 Å². The molecule has 0 unspecified atom stereocenters. The molecule has 0 aliphatic rings. The van der Waals surface area contributed by atoms with Crippen LogP contribution in [0.3, 0.4) is 0 Å². The van der Waals surface area contributed by atoms with Crippen LogP contribution in [0.25, 0.3) is 11.0 Å². The van der Waals surface area contributed by atoms with E-state index < -0.39 is 0 Å². The van der Waals surface area contributed by atoms with Gasteiger partial charge in [-0.15, -0.1) is 0 Å². The van der Waals surface area contributed by atoms with Crippen molar-refractivity contribution in [1.82, 2.24) is 0 Å². The van der Waals surface area contributed by atoms with Crippen molar-refractivity contribution in [3.05, 3.63) is 51.9 Å². The third kappa shape index (κ3) is 2.30. The van der Waals surface area contributed by atoms with E-state index in [0.717, 1.165) is 11.0 Å². The van der Waals surface area contributed by atoms with Gasteiger partial charge < -0.3 is 9.15 Å². The minimum atomic E-state index is -0.331. The summed E-state index contributed by atoms with van der Waals surface area (Å²) < 4.78 is 10.7. The first-order valence-corrected chi connectivity index (χ1v) is 5.85. The zero-order chi connectivity index (χ0) is 13.1. The van der Waals surface area contributed by atoms with Crippen molar-refractivity contribution in [2.24, 2.45) is 0 Å². The molecule has 0 saturated heterocycles. The summed E-state index contributed by atoms with van der Waals surface area (Å²) in [6.45, 7) is 3.99. The van der Waals surface area contributed by atoms with E-state index in [1.165, 1.54) is 0 Å². The third-order valence-corrected chi connectivity index (χ3v) is 2.77. The fourth-order valence-electron chi connectivity index (χ4n) is 1.88. The molecule has 0 amide bonds. The molecule has 0 saturated carbocycles. The van der Waals surface area contributed by atoms with Crippen LogP contribution in [0.2, 0.25) is 0 Å². The van der Waals surface area contributed by atoms with Gasteiger partial charge in [0.2, 0.25) is 0 Å². The quantitative estimate of drug-likeness (QED) is 0.614. The molecule has 2 aromatic rings. The number of allylic oxidation sites excluding steroid dienone is 2. The van der Waals surface area contributed by atoms with Crippen LogP contribution in [0, 0.1) is 0 Å². The Morgan fingerprint density at radius 1 is 1.33 bits per heavy atom. The fourth-order valence-corrected chi connectivity index (χ4v) is 1.88. The van der Waals surface area contributed by atoms with E-state index in [2.05, 4.69) is 0 Å². The zero-order valence-electron chi connectivity index (χ0n) is 10.8. The lowest BCUT2D eigenvalue weighted by atomic mass is 10.1. The molecule has 0 aliphatic carbocycles. The molecule has 0 radical (unpaired) electrons. The number of rotatable bonds is 3. The summed E-state index contributed by atoms with van der Waals surface area (Å²) in [5.41, 5.74) is 1.95. The molecule has 3 heteroatoms. The summed E-state index contributed by atoms with van der Waals surface area (Å²) in [5.74, 6) is 0.611. The van der Waals surface area contributed by atoms with Crippen molar-refractivity contribution in [3.63, 3.8) is 0 Å². The monoisotopic (exact) mass is 244 g/mol. The molecule has 0 atom stereocenters. The number of ether oxygens (including phenoxy) is 1. The highest BCUT2D eigenvalue weighted by Crippen LogP contribution is 2.27. The van der Waals surface area contributed by atoms with Gasteiger partial charge in [0.15, 0.2) is 0 Å². The van der Waals surface area contributed by atoms with E-state index in [0.29, 0.717) is 23.3 Å². The maximum Gasteiger partial charge on any atom is 0.343 e. The van der Waals surface area contributed by atoms with E-state index in [-0.39, 0.29) is 5.63 Å². The number of methoxy groups -OCH3 is 1. The minimum Gasteiger partial charge on any atom is -0.495 e. The van der Waals surface area contributed by atoms with Crippen LogP contribution in [-0.4, -0.2) is 7.11 Å². The Morgan fingerprint density at radius 2 is 2.06 bits per heavy atom. The summed E-state index contributed by atoms with van der Waals surface area (Å²) in [7, 11) is 1.58. The number of benzene rings is 1. The zero-order valence-corrected chi connectivity index (χ0v) is 10.8. The SMILES string of the molecule is COc1c(CC=C(C)C)c(=O)oc2ccccc12. The van der Waals surface area contributed by atoms with Crippen LogP contribution in [-0.2, 0) is 6.42 Å². The molecule has 18 heavy (non-hydrogen) atoms. The molecule has 3 nitrogen and oxygen atoms in total. The molecule has 2 rings (SSSR count). The highest BCUT2D eigenvalue weighted by atomic mass is 16.5. The van der Waals surface area contributed by atoms with E-state index in [1.807, 2.05) is 38.1 Å². The maximum atomic E-state index is 11.9. The number of para-hydroxylation sites is 1. The third-order valence-electron chi connectivity index (χ3n) is 2.77. The van der Waals surface area contributed by atoms with Crippen LogP contribution in [0.5, 0.6) is 5.75 Å². The molecule has 0 aliphatic heterocycles. The van der Waals surface area contributed by atoms with Crippen molar-refractivity contribution in [2.75, 3.05) is 7.11 Å². The Kier molecular flexibility index (Phi) is 3.51. The summed E-state index contributed by atoms with van der Waals surface area (Å²) in [5, 5.41) is 0.830. The summed E-state index contributed by atoms with van der Waals surface area (Å²) in [6, 6.07) is 7.39. The molecule has 1 aromatic heterocycles. The van der Waals surface area contributed by atoms with Gasteiger partial charge in [0.25, 0.3) is 0 Å². The van der Waals surface area contributed by atoms with Gasteiger partial charge in [-0.25, -0.2) is 4.79 Å². The average molecular weight is 244 g/mol. The van der Waals surface area contributed by atoms with Crippen LogP contribution < -0.4 is 10.4 Å². The smallest absolute Gasteiger partial charge is 0.343 e. The lowest BCUT2D eigenvalue weighted by Crippen LogP contribution is -2.09. The summed E-state index contributed by atoms with van der Waals surface area (Å²) >= 11 is 0. The van der Waals surface area contributed by atoms with Crippen LogP contribution in [0.4, 0.5) is 0 Å². The molecule has 1 aromatic carbocycles. The minimum absolute atomic E-state index is 0.331. The Balaban J connectivity index is 2.68. The van der Waals surface area contributed by atoms with Crippen molar-refractivity contribution in [3.8, 4) is 5.75 Å². The van der Waals surface area contributed by atoms with Gasteiger partial charge in [-0.1, -0.05) is 23.8 Å². The molecule has 0 fully saturated rings. The van der Waals surface area contributed by atoms with E-state index in [1.54, 1.807) is 13.2 Å². The van der Waals surface area contributed by atoms with Gasteiger partial charge in [-0.05, 0) is 26.0 Å². The molecule has 0 spiro atoms. The highest BCUT2D eigenvalue weighted by molar-refractivity contribution is 5.84. The normalized spacial score (nSPS) is 10.4. The maximum absolute atomic E-state index is 11.9. The Labute approximate surface area is 106 Å². The predicted molar refractivity (Wildman–Crippen MR) is 72.2 cm³/mol. The Hall–Kier alpha value is -2.03. The lowest BCUT2D eigenvalue weighted by molar-refractivity contribution is 0.407. The molecule has 94 valence electrons. The number of hydrogen-bond acceptors (Lipinski definition) is 3.